The number of pyridine rings is 1. The molecule has 0 unspecified atom stereocenters. The molecule has 3 nitrogen and oxygen atoms in total. The molecule has 1 aliphatic rings. The van der Waals surface area contributed by atoms with Gasteiger partial charge >= 0.3 is 0 Å². The minimum atomic E-state index is 0.595. The highest BCUT2D eigenvalue weighted by Crippen LogP contribution is 2.25. The van der Waals surface area contributed by atoms with Crippen LogP contribution >= 0.6 is 11.6 Å². The van der Waals surface area contributed by atoms with Gasteiger partial charge in [0.1, 0.15) is 5.15 Å². The topological polar surface area (TPSA) is 28.2 Å². The first-order chi connectivity index (χ1) is 9.34. The summed E-state index contributed by atoms with van der Waals surface area (Å²) < 4.78 is 0. The first-order valence-corrected chi connectivity index (χ1v) is 6.85. The molecule has 0 saturated carbocycles. The van der Waals surface area contributed by atoms with Crippen LogP contribution in [0.25, 0.3) is 0 Å². The Labute approximate surface area is 118 Å². The van der Waals surface area contributed by atoms with Crippen molar-refractivity contribution in [3.8, 4) is 0 Å². The van der Waals surface area contributed by atoms with Crippen LogP contribution < -0.4 is 10.2 Å². The zero-order valence-electron chi connectivity index (χ0n) is 10.6. The largest absolute Gasteiger partial charge is 0.366 e. The van der Waals surface area contributed by atoms with Crippen LogP contribution in [-0.4, -0.2) is 18.1 Å². The number of hydrogen-bond acceptors (Lipinski definition) is 3. The fourth-order valence-electron chi connectivity index (χ4n) is 2.43. The van der Waals surface area contributed by atoms with Gasteiger partial charge in [0.05, 0.1) is 0 Å². The number of aromatic nitrogens is 1. The second kappa shape index (κ2) is 5.59. The van der Waals surface area contributed by atoms with E-state index >= 15 is 0 Å². The molecular weight excluding hydrogens is 258 g/mol. The zero-order chi connectivity index (χ0) is 13.1. The van der Waals surface area contributed by atoms with E-state index in [-0.39, 0.29) is 0 Å². The van der Waals surface area contributed by atoms with E-state index in [1.54, 1.807) is 6.20 Å². The first-order valence-electron chi connectivity index (χ1n) is 6.47. The van der Waals surface area contributed by atoms with Gasteiger partial charge in [0.15, 0.2) is 0 Å². The van der Waals surface area contributed by atoms with Crippen molar-refractivity contribution in [1.82, 2.24) is 10.3 Å². The highest BCUT2D eigenvalue weighted by Gasteiger charge is 2.15. The molecule has 4 heteroatoms. The molecule has 2 aromatic rings. The lowest BCUT2D eigenvalue weighted by Crippen LogP contribution is -2.28. The smallest absolute Gasteiger partial charge is 0.133 e. The summed E-state index contributed by atoms with van der Waals surface area (Å²) in [6, 6.07) is 12.5. The molecule has 0 aliphatic carbocycles. The SMILES string of the molecule is Clc1ncccc1CN1CCNCc2ccccc21. The van der Waals surface area contributed by atoms with Gasteiger partial charge in [-0.15, -0.1) is 0 Å². The molecule has 19 heavy (non-hydrogen) atoms. The third-order valence-electron chi connectivity index (χ3n) is 3.40. The van der Waals surface area contributed by atoms with Gasteiger partial charge in [0.25, 0.3) is 0 Å². The van der Waals surface area contributed by atoms with Crippen molar-refractivity contribution >= 4 is 17.3 Å². The van der Waals surface area contributed by atoms with Crippen LogP contribution in [0.2, 0.25) is 5.15 Å². The molecule has 98 valence electrons. The molecule has 1 aliphatic heterocycles. The van der Waals surface area contributed by atoms with Crippen LogP contribution in [0, 0.1) is 0 Å². The minimum Gasteiger partial charge on any atom is -0.366 e. The predicted molar refractivity (Wildman–Crippen MR) is 78.4 cm³/mol. The monoisotopic (exact) mass is 273 g/mol. The van der Waals surface area contributed by atoms with Gasteiger partial charge in [-0.25, -0.2) is 4.98 Å². The van der Waals surface area contributed by atoms with Crippen molar-refractivity contribution in [3.05, 3.63) is 58.9 Å². The van der Waals surface area contributed by atoms with Crippen molar-refractivity contribution in [3.63, 3.8) is 0 Å². The fourth-order valence-corrected chi connectivity index (χ4v) is 2.61. The number of para-hydroxylation sites is 1. The van der Waals surface area contributed by atoms with Crippen LogP contribution in [0.1, 0.15) is 11.1 Å². The van der Waals surface area contributed by atoms with E-state index < -0.39 is 0 Å². The van der Waals surface area contributed by atoms with Gasteiger partial charge in [-0.05, 0) is 17.7 Å². The molecule has 0 radical (unpaired) electrons. The van der Waals surface area contributed by atoms with Crippen LogP contribution in [0.5, 0.6) is 0 Å². The Bertz CT molecular complexity index is 571. The Kier molecular flexibility index (Phi) is 3.67. The highest BCUT2D eigenvalue weighted by atomic mass is 35.5. The van der Waals surface area contributed by atoms with Gasteiger partial charge in [0.2, 0.25) is 0 Å². The summed E-state index contributed by atoms with van der Waals surface area (Å²) >= 11 is 6.16. The Balaban J connectivity index is 1.91. The maximum Gasteiger partial charge on any atom is 0.133 e. The Morgan fingerprint density at radius 2 is 2.11 bits per heavy atom. The average Bonchev–Trinajstić information content (AvgIpc) is 2.64. The number of nitrogens with one attached hydrogen (secondary N) is 1. The Morgan fingerprint density at radius 1 is 1.21 bits per heavy atom. The number of nitrogens with zero attached hydrogens (tertiary/aromatic N) is 2. The van der Waals surface area contributed by atoms with Gasteiger partial charge in [-0.2, -0.15) is 0 Å². The summed E-state index contributed by atoms with van der Waals surface area (Å²) in [6.07, 6.45) is 1.73. The van der Waals surface area contributed by atoms with E-state index in [9.17, 15) is 0 Å². The number of benzene rings is 1. The van der Waals surface area contributed by atoms with E-state index in [1.165, 1.54) is 11.3 Å². The Hall–Kier alpha value is -1.58. The number of anilines is 1. The van der Waals surface area contributed by atoms with Crippen molar-refractivity contribution in [1.29, 1.82) is 0 Å². The summed E-state index contributed by atoms with van der Waals surface area (Å²) in [5.41, 5.74) is 3.69. The van der Waals surface area contributed by atoms with E-state index in [2.05, 4.69) is 39.5 Å². The fraction of sp³-hybridized carbons (Fsp3) is 0.267. The quantitative estimate of drug-likeness (QED) is 0.853. The molecule has 0 bridgehead atoms. The van der Waals surface area contributed by atoms with E-state index in [0.29, 0.717) is 5.15 Å². The standard InChI is InChI=1S/C15H16ClN3/c16-15-13(5-3-7-18-15)11-19-9-8-17-10-12-4-1-2-6-14(12)19/h1-7,17H,8-11H2. The number of halogens is 1. The maximum atomic E-state index is 6.16. The van der Waals surface area contributed by atoms with Gasteiger partial charge in [-0.3, -0.25) is 0 Å². The summed E-state index contributed by atoms with van der Waals surface area (Å²) in [6.45, 7) is 3.67. The second-order valence-corrected chi connectivity index (χ2v) is 5.04. The van der Waals surface area contributed by atoms with E-state index in [1.807, 2.05) is 12.1 Å². The van der Waals surface area contributed by atoms with Crippen molar-refractivity contribution < 1.29 is 0 Å². The van der Waals surface area contributed by atoms with Crippen LogP contribution in [0.3, 0.4) is 0 Å². The van der Waals surface area contributed by atoms with Crippen LogP contribution in [-0.2, 0) is 13.1 Å². The van der Waals surface area contributed by atoms with Gasteiger partial charge in [-0.1, -0.05) is 35.9 Å². The molecule has 1 N–H and O–H groups in total. The molecule has 0 amide bonds. The number of fused-ring (bicyclic) bond motifs is 1. The predicted octanol–water partition coefficient (Wildman–Crippen LogP) is 2.84. The molecule has 0 saturated heterocycles. The normalized spacial score (nSPS) is 14.9. The lowest BCUT2D eigenvalue weighted by atomic mass is 10.1. The Morgan fingerprint density at radius 3 is 3.00 bits per heavy atom. The summed E-state index contributed by atoms with van der Waals surface area (Å²) in [5, 5.41) is 4.04. The van der Waals surface area contributed by atoms with Gasteiger partial charge in [0, 0.05) is 43.6 Å². The van der Waals surface area contributed by atoms with Crippen LogP contribution in [0.4, 0.5) is 5.69 Å². The van der Waals surface area contributed by atoms with E-state index in [4.69, 9.17) is 11.6 Å². The molecule has 0 spiro atoms. The minimum absolute atomic E-state index is 0.595. The van der Waals surface area contributed by atoms with Crippen molar-refractivity contribution in [2.24, 2.45) is 0 Å². The molecule has 3 rings (SSSR count). The van der Waals surface area contributed by atoms with Crippen LogP contribution in [0.15, 0.2) is 42.6 Å². The average molecular weight is 274 g/mol. The lowest BCUT2D eigenvalue weighted by molar-refractivity contribution is 0.688. The molecule has 0 fully saturated rings. The van der Waals surface area contributed by atoms with Gasteiger partial charge < -0.3 is 10.2 Å². The van der Waals surface area contributed by atoms with E-state index in [0.717, 1.165) is 31.7 Å². The third kappa shape index (κ3) is 2.72. The number of hydrogen-bond donors (Lipinski definition) is 1. The summed E-state index contributed by atoms with van der Waals surface area (Å²) in [5.74, 6) is 0. The molecule has 1 aromatic carbocycles. The van der Waals surface area contributed by atoms with Crippen molar-refractivity contribution in [2.75, 3.05) is 18.0 Å². The lowest BCUT2D eigenvalue weighted by Gasteiger charge is -2.24. The molecule has 0 atom stereocenters. The summed E-state index contributed by atoms with van der Waals surface area (Å²) in [4.78, 5) is 6.51. The summed E-state index contributed by atoms with van der Waals surface area (Å²) in [7, 11) is 0. The molecule has 2 heterocycles. The molecule has 1 aromatic heterocycles. The highest BCUT2D eigenvalue weighted by molar-refractivity contribution is 6.30. The van der Waals surface area contributed by atoms with Crippen molar-refractivity contribution in [2.45, 2.75) is 13.1 Å². The number of rotatable bonds is 2. The zero-order valence-corrected chi connectivity index (χ0v) is 11.4. The first kappa shape index (κ1) is 12.5. The second-order valence-electron chi connectivity index (χ2n) is 4.68. The molecular formula is C15H16ClN3. The third-order valence-corrected chi connectivity index (χ3v) is 3.74. The maximum absolute atomic E-state index is 6.16.